The van der Waals surface area contributed by atoms with Crippen LogP contribution in [-0.2, 0) is 0 Å². The van der Waals surface area contributed by atoms with Crippen LogP contribution >= 0.6 is 0 Å². The highest BCUT2D eigenvalue weighted by Crippen LogP contribution is 2.15. The molecule has 0 aliphatic carbocycles. The summed E-state index contributed by atoms with van der Waals surface area (Å²) < 4.78 is 1.88. The summed E-state index contributed by atoms with van der Waals surface area (Å²) in [5.74, 6) is 0.162. The molecule has 0 N–H and O–H groups in total. The van der Waals surface area contributed by atoms with Crippen LogP contribution < -0.4 is 4.90 Å². The van der Waals surface area contributed by atoms with Crippen molar-refractivity contribution in [3.63, 3.8) is 0 Å². The molecule has 0 aliphatic rings. The van der Waals surface area contributed by atoms with Gasteiger partial charge in [0.15, 0.2) is 5.69 Å². The van der Waals surface area contributed by atoms with Gasteiger partial charge in [0.05, 0.1) is 0 Å². The second-order valence-electron chi connectivity index (χ2n) is 4.79. The van der Waals surface area contributed by atoms with Crippen molar-refractivity contribution >= 4 is 11.9 Å². The third-order valence-electron chi connectivity index (χ3n) is 3.31. The molecule has 6 heteroatoms. The first kappa shape index (κ1) is 14.2. The van der Waals surface area contributed by atoms with Gasteiger partial charge in [-0.1, -0.05) is 6.92 Å². The number of hydrogen-bond donors (Lipinski definition) is 0. The molecule has 1 unspecified atom stereocenters. The van der Waals surface area contributed by atoms with Crippen LogP contribution in [0.15, 0.2) is 24.5 Å². The van der Waals surface area contributed by atoms with Crippen LogP contribution in [0.5, 0.6) is 0 Å². The topological polar surface area (TPSA) is 63.9 Å². The largest absolute Gasteiger partial charge is 0.280 e. The lowest BCUT2D eigenvalue weighted by atomic mass is 10.2. The number of amides is 1. The minimum Gasteiger partial charge on any atom is -0.278 e. The van der Waals surface area contributed by atoms with E-state index < -0.39 is 0 Å². The Bertz CT molecular complexity index is 593. The summed E-state index contributed by atoms with van der Waals surface area (Å²) in [7, 11) is 1.65. The molecule has 1 atom stereocenters. The summed E-state index contributed by atoms with van der Waals surface area (Å²) in [5.41, 5.74) is 1.39. The SMILES string of the molecule is CCC(C)n1nc(C(=O)N(C)c2ncccn2)cc1C. The Balaban J connectivity index is 2.26. The lowest BCUT2D eigenvalue weighted by Crippen LogP contribution is -2.28. The summed E-state index contributed by atoms with van der Waals surface area (Å²) in [6.07, 6.45) is 4.18. The van der Waals surface area contributed by atoms with Crippen LogP contribution in [0.3, 0.4) is 0 Å². The lowest BCUT2D eigenvalue weighted by Gasteiger charge is -2.13. The normalized spacial score (nSPS) is 12.2. The quantitative estimate of drug-likeness (QED) is 0.857. The van der Waals surface area contributed by atoms with Gasteiger partial charge < -0.3 is 0 Å². The first-order chi connectivity index (χ1) is 9.54. The molecule has 2 aromatic heterocycles. The molecule has 2 aromatic rings. The van der Waals surface area contributed by atoms with Gasteiger partial charge >= 0.3 is 0 Å². The Labute approximate surface area is 118 Å². The molecule has 106 valence electrons. The van der Waals surface area contributed by atoms with Gasteiger partial charge in [-0.2, -0.15) is 5.10 Å². The van der Waals surface area contributed by atoms with Crippen molar-refractivity contribution in [2.45, 2.75) is 33.2 Å². The summed E-state index contributed by atoms with van der Waals surface area (Å²) in [6, 6.07) is 3.78. The Morgan fingerprint density at radius 1 is 1.40 bits per heavy atom. The van der Waals surface area contributed by atoms with E-state index in [9.17, 15) is 4.79 Å². The van der Waals surface area contributed by atoms with Gasteiger partial charge in [0.2, 0.25) is 5.95 Å². The van der Waals surface area contributed by atoms with Crippen LogP contribution in [0.1, 0.15) is 42.5 Å². The van der Waals surface area contributed by atoms with Crippen molar-refractivity contribution in [2.75, 3.05) is 11.9 Å². The van der Waals surface area contributed by atoms with Gasteiger partial charge in [-0.15, -0.1) is 0 Å². The number of aromatic nitrogens is 4. The van der Waals surface area contributed by atoms with Crippen LogP contribution in [-0.4, -0.2) is 32.7 Å². The maximum atomic E-state index is 12.4. The summed E-state index contributed by atoms with van der Waals surface area (Å²) in [4.78, 5) is 21.9. The molecular weight excluding hydrogens is 254 g/mol. The molecule has 20 heavy (non-hydrogen) atoms. The summed E-state index contributed by atoms with van der Waals surface area (Å²) in [5, 5.41) is 4.40. The van der Waals surface area contributed by atoms with E-state index in [2.05, 4.69) is 28.9 Å². The van der Waals surface area contributed by atoms with Crippen molar-refractivity contribution in [1.29, 1.82) is 0 Å². The maximum absolute atomic E-state index is 12.4. The zero-order valence-electron chi connectivity index (χ0n) is 12.2. The second kappa shape index (κ2) is 5.81. The highest BCUT2D eigenvalue weighted by Gasteiger charge is 2.20. The van der Waals surface area contributed by atoms with Crippen LogP contribution in [0.2, 0.25) is 0 Å². The number of aryl methyl sites for hydroxylation is 1. The highest BCUT2D eigenvalue weighted by molar-refractivity contribution is 6.03. The first-order valence-electron chi connectivity index (χ1n) is 6.65. The van der Waals surface area contributed by atoms with E-state index in [1.165, 1.54) is 4.90 Å². The molecule has 0 bridgehead atoms. The predicted octanol–water partition coefficient (Wildman–Crippen LogP) is 2.23. The number of rotatable bonds is 4. The minimum atomic E-state index is -0.207. The average molecular weight is 273 g/mol. The summed E-state index contributed by atoms with van der Waals surface area (Å²) >= 11 is 0. The van der Waals surface area contributed by atoms with Crippen molar-refractivity contribution in [3.05, 3.63) is 35.9 Å². The van der Waals surface area contributed by atoms with Crippen molar-refractivity contribution in [3.8, 4) is 0 Å². The van der Waals surface area contributed by atoms with Gasteiger partial charge in [0.25, 0.3) is 5.91 Å². The molecule has 6 nitrogen and oxygen atoms in total. The van der Waals surface area contributed by atoms with E-state index in [0.717, 1.165) is 12.1 Å². The standard InChI is InChI=1S/C14H19N5O/c1-5-10(2)19-11(3)9-12(17-19)13(20)18(4)14-15-7-6-8-16-14/h6-10H,5H2,1-4H3. The van der Waals surface area contributed by atoms with Gasteiger partial charge in [0.1, 0.15) is 0 Å². The van der Waals surface area contributed by atoms with E-state index in [4.69, 9.17) is 0 Å². The maximum Gasteiger partial charge on any atom is 0.280 e. The molecule has 1 amide bonds. The molecule has 0 saturated heterocycles. The third-order valence-corrected chi connectivity index (χ3v) is 3.31. The Hall–Kier alpha value is -2.24. The van der Waals surface area contributed by atoms with Gasteiger partial charge in [-0.3, -0.25) is 14.4 Å². The second-order valence-corrected chi connectivity index (χ2v) is 4.79. The molecule has 0 spiro atoms. The Morgan fingerprint density at radius 3 is 2.65 bits per heavy atom. The van der Waals surface area contributed by atoms with Crippen LogP contribution in [0, 0.1) is 6.92 Å². The summed E-state index contributed by atoms with van der Waals surface area (Å²) in [6.45, 7) is 6.13. The van der Waals surface area contributed by atoms with E-state index in [1.807, 2.05) is 11.6 Å². The van der Waals surface area contributed by atoms with Crippen molar-refractivity contribution in [1.82, 2.24) is 19.7 Å². The fraction of sp³-hybridized carbons (Fsp3) is 0.429. The fourth-order valence-electron chi connectivity index (χ4n) is 1.94. The van der Waals surface area contributed by atoms with Crippen LogP contribution in [0.25, 0.3) is 0 Å². The molecule has 0 aliphatic heterocycles. The molecule has 2 rings (SSSR count). The molecule has 2 heterocycles. The lowest BCUT2D eigenvalue weighted by molar-refractivity contribution is 0.0985. The van der Waals surface area contributed by atoms with E-state index in [-0.39, 0.29) is 11.9 Å². The fourth-order valence-corrected chi connectivity index (χ4v) is 1.94. The zero-order chi connectivity index (χ0) is 14.7. The number of carbonyl (C=O) groups excluding carboxylic acids is 1. The number of nitrogens with zero attached hydrogens (tertiary/aromatic N) is 5. The molecule has 0 aromatic carbocycles. The Morgan fingerprint density at radius 2 is 2.05 bits per heavy atom. The molecule has 0 saturated carbocycles. The first-order valence-corrected chi connectivity index (χ1v) is 6.65. The van der Waals surface area contributed by atoms with Crippen molar-refractivity contribution < 1.29 is 4.79 Å². The van der Waals surface area contributed by atoms with Gasteiger partial charge in [0, 0.05) is 31.2 Å². The smallest absolute Gasteiger partial charge is 0.278 e. The van der Waals surface area contributed by atoms with Crippen LogP contribution in [0.4, 0.5) is 5.95 Å². The number of anilines is 1. The monoisotopic (exact) mass is 273 g/mol. The van der Waals surface area contributed by atoms with E-state index in [0.29, 0.717) is 11.6 Å². The number of hydrogen-bond acceptors (Lipinski definition) is 4. The van der Waals surface area contributed by atoms with E-state index >= 15 is 0 Å². The molecule has 0 radical (unpaired) electrons. The third kappa shape index (κ3) is 2.68. The van der Waals surface area contributed by atoms with Crippen molar-refractivity contribution in [2.24, 2.45) is 0 Å². The molecule has 0 fully saturated rings. The zero-order valence-corrected chi connectivity index (χ0v) is 12.2. The van der Waals surface area contributed by atoms with E-state index in [1.54, 1.807) is 31.6 Å². The average Bonchev–Trinajstić information content (AvgIpc) is 2.87. The molecular formula is C14H19N5O. The minimum absolute atomic E-state index is 0.207. The van der Waals surface area contributed by atoms with Gasteiger partial charge in [-0.25, -0.2) is 9.97 Å². The number of carbonyl (C=O) groups is 1. The highest BCUT2D eigenvalue weighted by atomic mass is 16.2. The van der Waals surface area contributed by atoms with Gasteiger partial charge in [-0.05, 0) is 32.4 Å². The predicted molar refractivity (Wildman–Crippen MR) is 76.7 cm³/mol. The Kier molecular flexibility index (Phi) is 4.12.